The molecule has 1 N–H and O–H groups in total. The van der Waals surface area contributed by atoms with Crippen molar-refractivity contribution in [3.63, 3.8) is 0 Å². The highest BCUT2D eigenvalue weighted by molar-refractivity contribution is 5.99. The molecule has 3 rings (SSSR count). The van der Waals surface area contributed by atoms with E-state index in [0.29, 0.717) is 11.2 Å². The van der Waals surface area contributed by atoms with Crippen LogP contribution in [0.25, 0.3) is 5.65 Å². The van der Waals surface area contributed by atoms with Crippen LogP contribution < -0.4 is 5.32 Å². The summed E-state index contributed by atoms with van der Waals surface area (Å²) in [5, 5.41) is 7.25. The third kappa shape index (κ3) is 2.63. The maximum atomic E-state index is 12.4. The van der Waals surface area contributed by atoms with Crippen molar-refractivity contribution >= 4 is 11.6 Å². The van der Waals surface area contributed by atoms with E-state index in [-0.39, 0.29) is 18.1 Å². The van der Waals surface area contributed by atoms with E-state index < -0.39 is 0 Å². The second-order valence-corrected chi connectivity index (χ2v) is 5.65. The molecule has 1 saturated heterocycles. The van der Waals surface area contributed by atoms with Gasteiger partial charge in [-0.3, -0.25) is 4.79 Å². The lowest BCUT2D eigenvalue weighted by Crippen LogP contribution is -2.40. The minimum absolute atomic E-state index is 0.0131. The lowest BCUT2D eigenvalue weighted by Gasteiger charge is -2.19. The molecule has 1 fully saturated rings. The topological polar surface area (TPSA) is 68.5 Å². The van der Waals surface area contributed by atoms with Crippen LogP contribution in [-0.4, -0.2) is 39.3 Å². The SMILES string of the molecule is Cc1cc(C)n2ncc(C(=O)N[C@@H](C)[C@@H]3CCCO3)c2n1. The van der Waals surface area contributed by atoms with Crippen LogP contribution in [0.5, 0.6) is 0 Å². The maximum Gasteiger partial charge on any atom is 0.257 e. The van der Waals surface area contributed by atoms with E-state index in [2.05, 4.69) is 15.4 Å². The molecule has 3 heterocycles. The molecule has 0 unspecified atom stereocenters. The van der Waals surface area contributed by atoms with E-state index in [1.165, 1.54) is 0 Å². The number of amides is 1. The van der Waals surface area contributed by atoms with Crippen LogP contribution in [0.1, 0.15) is 41.5 Å². The first kappa shape index (κ1) is 14.0. The van der Waals surface area contributed by atoms with E-state index in [4.69, 9.17) is 4.74 Å². The van der Waals surface area contributed by atoms with Gasteiger partial charge in [0.25, 0.3) is 5.91 Å². The Bertz CT molecular complexity index is 674. The average molecular weight is 288 g/mol. The van der Waals surface area contributed by atoms with Crippen LogP contribution in [-0.2, 0) is 4.74 Å². The predicted molar refractivity (Wildman–Crippen MR) is 78.4 cm³/mol. The molecule has 1 aliphatic rings. The Morgan fingerprint density at radius 2 is 2.33 bits per heavy atom. The number of aryl methyl sites for hydroxylation is 2. The average Bonchev–Trinajstić information content (AvgIpc) is 3.07. The minimum Gasteiger partial charge on any atom is -0.376 e. The summed E-state index contributed by atoms with van der Waals surface area (Å²) in [5.41, 5.74) is 2.95. The molecule has 0 saturated carbocycles. The highest BCUT2D eigenvalue weighted by Gasteiger charge is 2.25. The number of fused-ring (bicyclic) bond motifs is 1. The molecule has 2 atom stereocenters. The van der Waals surface area contributed by atoms with Gasteiger partial charge in [-0.05, 0) is 39.7 Å². The molecular formula is C15H20N4O2. The summed E-state index contributed by atoms with van der Waals surface area (Å²) in [6.45, 7) is 6.62. The van der Waals surface area contributed by atoms with E-state index in [1.54, 1.807) is 10.7 Å². The molecule has 0 radical (unpaired) electrons. The number of carbonyl (C=O) groups is 1. The number of carbonyl (C=O) groups excluding carboxylic acids is 1. The smallest absolute Gasteiger partial charge is 0.257 e. The molecular weight excluding hydrogens is 268 g/mol. The highest BCUT2D eigenvalue weighted by Crippen LogP contribution is 2.17. The highest BCUT2D eigenvalue weighted by atomic mass is 16.5. The minimum atomic E-state index is -0.148. The Morgan fingerprint density at radius 3 is 3.05 bits per heavy atom. The van der Waals surface area contributed by atoms with Gasteiger partial charge in [-0.2, -0.15) is 5.10 Å². The normalized spacial score (nSPS) is 19.9. The third-order valence-electron chi connectivity index (χ3n) is 3.90. The molecule has 0 bridgehead atoms. The van der Waals surface area contributed by atoms with Crippen molar-refractivity contribution in [2.24, 2.45) is 0 Å². The zero-order valence-electron chi connectivity index (χ0n) is 12.6. The Balaban J connectivity index is 1.84. The third-order valence-corrected chi connectivity index (χ3v) is 3.90. The molecule has 1 amide bonds. The number of aromatic nitrogens is 3. The molecule has 2 aromatic rings. The Kier molecular flexibility index (Phi) is 3.63. The Morgan fingerprint density at radius 1 is 1.52 bits per heavy atom. The first-order valence-electron chi connectivity index (χ1n) is 7.30. The zero-order valence-corrected chi connectivity index (χ0v) is 12.6. The molecule has 6 heteroatoms. The molecule has 0 aromatic carbocycles. The van der Waals surface area contributed by atoms with Crippen LogP contribution in [0, 0.1) is 13.8 Å². The first-order valence-corrected chi connectivity index (χ1v) is 7.30. The van der Waals surface area contributed by atoms with Crippen molar-refractivity contribution in [2.45, 2.75) is 45.8 Å². The molecule has 21 heavy (non-hydrogen) atoms. The number of nitrogens with one attached hydrogen (secondary N) is 1. The quantitative estimate of drug-likeness (QED) is 0.932. The largest absolute Gasteiger partial charge is 0.376 e. The van der Waals surface area contributed by atoms with Gasteiger partial charge in [0.15, 0.2) is 5.65 Å². The van der Waals surface area contributed by atoms with Gasteiger partial charge < -0.3 is 10.1 Å². The summed E-state index contributed by atoms with van der Waals surface area (Å²) in [6.07, 6.45) is 3.73. The maximum absolute atomic E-state index is 12.4. The number of rotatable bonds is 3. The van der Waals surface area contributed by atoms with Gasteiger partial charge in [-0.15, -0.1) is 0 Å². The molecule has 0 aliphatic carbocycles. The van der Waals surface area contributed by atoms with Gasteiger partial charge in [0.1, 0.15) is 5.56 Å². The van der Waals surface area contributed by atoms with Gasteiger partial charge in [0.2, 0.25) is 0 Å². The summed E-state index contributed by atoms with van der Waals surface area (Å²) >= 11 is 0. The van der Waals surface area contributed by atoms with Crippen molar-refractivity contribution < 1.29 is 9.53 Å². The van der Waals surface area contributed by atoms with Gasteiger partial charge in [0.05, 0.1) is 18.3 Å². The molecule has 6 nitrogen and oxygen atoms in total. The summed E-state index contributed by atoms with van der Waals surface area (Å²) in [4.78, 5) is 16.9. The number of hydrogen-bond donors (Lipinski definition) is 1. The number of hydrogen-bond acceptors (Lipinski definition) is 4. The summed E-state index contributed by atoms with van der Waals surface area (Å²) in [6, 6.07) is 1.93. The molecule has 2 aromatic heterocycles. The predicted octanol–water partition coefficient (Wildman–Crippen LogP) is 1.64. The fraction of sp³-hybridized carbons (Fsp3) is 0.533. The van der Waals surface area contributed by atoms with Gasteiger partial charge in [-0.1, -0.05) is 0 Å². The lowest BCUT2D eigenvalue weighted by atomic mass is 10.1. The van der Waals surface area contributed by atoms with Gasteiger partial charge in [0, 0.05) is 18.0 Å². The van der Waals surface area contributed by atoms with Crippen molar-refractivity contribution in [3.8, 4) is 0 Å². The molecule has 1 aliphatic heterocycles. The van der Waals surface area contributed by atoms with Crippen molar-refractivity contribution in [2.75, 3.05) is 6.61 Å². The fourth-order valence-corrected chi connectivity index (χ4v) is 2.80. The van der Waals surface area contributed by atoms with Crippen molar-refractivity contribution in [1.29, 1.82) is 0 Å². The van der Waals surface area contributed by atoms with Crippen LogP contribution in [0.3, 0.4) is 0 Å². The standard InChI is InChI=1S/C15H20N4O2/c1-9-7-10(2)19-14(17-9)12(8-16-19)15(20)18-11(3)13-5-4-6-21-13/h7-8,11,13H,4-6H2,1-3H3,(H,18,20)/t11-,13-/m0/s1. The van der Waals surface area contributed by atoms with Crippen molar-refractivity contribution in [3.05, 3.63) is 29.2 Å². The Hall–Kier alpha value is -1.95. The monoisotopic (exact) mass is 288 g/mol. The summed E-state index contributed by atoms with van der Waals surface area (Å²) in [5.74, 6) is -0.148. The number of nitrogens with zero attached hydrogens (tertiary/aromatic N) is 3. The fourth-order valence-electron chi connectivity index (χ4n) is 2.80. The molecule has 0 spiro atoms. The summed E-state index contributed by atoms with van der Waals surface area (Å²) in [7, 11) is 0. The van der Waals surface area contributed by atoms with Crippen LogP contribution in [0.2, 0.25) is 0 Å². The number of ether oxygens (including phenoxy) is 1. The van der Waals surface area contributed by atoms with Crippen LogP contribution in [0.15, 0.2) is 12.3 Å². The second-order valence-electron chi connectivity index (χ2n) is 5.65. The van der Waals surface area contributed by atoms with Crippen LogP contribution in [0.4, 0.5) is 0 Å². The molecule has 112 valence electrons. The van der Waals surface area contributed by atoms with Gasteiger partial charge >= 0.3 is 0 Å². The lowest BCUT2D eigenvalue weighted by molar-refractivity contribution is 0.0713. The Labute approximate surface area is 123 Å². The summed E-state index contributed by atoms with van der Waals surface area (Å²) < 4.78 is 7.30. The van der Waals surface area contributed by atoms with Crippen LogP contribution >= 0.6 is 0 Å². The van der Waals surface area contributed by atoms with E-state index in [0.717, 1.165) is 30.8 Å². The first-order chi connectivity index (χ1) is 10.1. The van der Waals surface area contributed by atoms with E-state index in [9.17, 15) is 4.79 Å². The van der Waals surface area contributed by atoms with Crippen molar-refractivity contribution in [1.82, 2.24) is 19.9 Å². The zero-order chi connectivity index (χ0) is 15.0. The second kappa shape index (κ2) is 5.44. The van der Waals surface area contributed by atoms with E-state index in [1.807, 2.05) is 26.8 Å². The van der Waals surface area contributed by atoms with E-state index >= 15 is 0 Å². The van der Waals surface area contributed by atoms with Gasteiger partial charge in [-0.25, -0.2) is 9.50 Å².